The van der Waals surface area contributed by atoms with Crippen LogP contribution in [0.5, 0.6) is 0 Å². The van der Waals surface area contributed by atoms with E-state index in [4.69, 9.17) is 5.73 Å². The second-order valence-electron chi connectivity index (χ2n) is 4.61. The van der Waals surface area contributed by atoms with E-state index in [0.717, 1.165) is 11.8 Å². The first-order chi connectivity index (χ1) is 9.97. The van der Waals surface area contributed by atoms with Gasteiger partial charge in [0, 0.05) is 12.7 Å². The average molecular weight is 292 g/mol. The van der Waals surface area contributed by atoms with Crippen LogP contribution in [0.25, 0.3) is 11.0 Å². The fraction of sp³-hybridized carbons (Fsp3) is 0.143. The Hall–Kier alpha value is -2.57. The normalized spacial score (nSPS) is 12.0. The van der Waals surface area contributed by atoms with Gasteiger partial charge in [-0.1, -0.05) is 30.3 Å². The molecule has 3 rings (SSSR count). The van der Waals surface area contributed by atoms with Gasteiger partial charge < -0.3 is 10.3 Å². The summed E-state index contributed by atoms with van der Waals surface area (Å²) in [6.45, 7) is 0.282. The zero-order valence-electron chi connectivity index (χ0n) is 10.8. The number of rotatable bonds is 2. The largest absolute Gasteiger partial charge is 0.418 e. The van der Waals surface area contributed by atoms with Gasteiger partial charge in [-0.05, 0) is 5.56 Å². The van der Waals surface area contributed by atoms with E-state index in [1.807, 2.05) is 30.3 Å². The fourth-order valence-corrected chi connectivity index (χ4v) is 2.26. The number of benzene rings is 1. The lowest BCUT2D eigenvalue weighted by molar-refractivity contribution is -0.136. The zero-order chi connectivity index (χ0) is 15.0. The molecule has 0 saturated carbocycles. The number of hydrogen-bond donors (Lipinski definition) is 1. The van der Waals surface area contributed by atoms with Crippen LogP contribution in [0.3, 0.4) is 0 Å². The SMILES string of the molecule is Nc1ncnc2c1c(C(F)(F)F)cn2Cc1ccccc1. The van der Waals surface area contributed by atoms with Crippen LogP contribution in [0.15, 0.2) is 42.9 Å². The molecule has 2 aromatic heterocycles. The Morgan fingerprint density at radius 1 is 1.10 bits per heavy atom. The highest BCUT2D eigenvalue weighted by Gasteiger charge is 2.36. The van der Waals surface area contributed by atoms with Crippen molar-refractivity contribution in [3.05, 3.63) is 54.0 Å². The van der Waals surface area contributed by atoms with Gasteiger partial charge in [0.2, 0.25) is 0 Å². The first-order valence-corrected chi connectivity index (χ1v) is 6.17. The lowest BCUT2D eigenvalue weighted by atomic mass is 10.2. The summed E-state index contributed by atoms with van der Waals surface area (Å²) < 4.78 is 40.8. The molecular weight excluding hydrogens is 281 g/mol. The maximum Gasteiger partial charge on any atom is 0.418 e. The predicted octanol–water partition coefficient (Wildman–Crippen LogP) is 3.08. The number of alkyl halides is 3. The summed E-state index contributed by atoms with van der Waals surface area (Å²) in [5, 5.41) is -0.152. The number of fused-ring (bicyclic) bond motifs is 1. The van der Waals surface area contributed by atoms with Crippen molar-refractivity contribution in [2.24, 2.45) is 0 Å². The van der Waals surface area contributed by atoms with E-state index in [2.05, 4.69) is 9.97 Å². The van der Waals surface area contributed by atoms with Gasteiger partial charge in [0.15, 0.2) is 0 Å². The van der Waals surface area contributed by atoms with Crippen LogP contribution in [0.1, 0.15) is 11.1 Å². The number of nitrogens with zero attached hydrogens (tertiary/aromatic N) is 3. The first kappa shape index (κ1) is 13.4. The summed E-state index contributed by atoms with van der Waals surface area (Å²) in [4.78, 5) is 7.60. The van der Waals surface area contributed by atoms with Gasteiger partial charge in [0.1, 0.15) is 17.8 Å². The smallest absolute Gasteiger partial charge is 0.383 e. The van der Waals surface area contributed by atoms with Gasteiger partial charge in [-0.25, -0.2) is 9.97 Å². The van der Waals surface area contributed by atoms with Crippen molar-refractivity contribution in [3.8, 4) is 0 Å². The molecule has 4 nitrogen and oxygen atoms in total. The van der Waals surface area contributed by atoms with Gasteiger partial charge in [-0.2, -0.15) is 13.2 Å². The van der Waals surface area contributed by atoms with Gasteiger partial charge in [0.25, 0.3) is 0 Å². The van der Waals surface area contributed by atoms with Crippen LogP contribution >= 0.6 is 0 Å². The molecular formula is C14H11F3N4. The molecule has 0 amide bonds. The van der Waals surface area contributed by atoms with Crippen molar-refractivity contribution in [1.82, 2.24) is 14.5 Å². The highest BCUT2D eigenvalue weighted by molar-refractivity contribution is 5.90. The van der Waals surface area contributed by atoms with Crippen molar-refractivity contribution < 1.29 is 13.2 Å². The van der Waals surface area contributed by atoms with E-state index in [1.165, 1.54) is 10.9 Å². The van der Waals surface area contributed by atoms with Crippen molar-refractivity contribution in [3.63, 3.8) is 0 Å². The van der Waals surface area contributed by atoms with E-state index >= 15 is 0 Å². The molecule has 0 atom stereocenters. The van der Waals surface area contributed by atoms with E-state index < -0.39 is 11.7 Å². The van der Waals surface area contributed by atoms with Crippen molar-refractivity contribution in [2.75, 3.05) is 5.73 Å². The Morgan fingerprint density at radius 3 is 2.48 bits per heavy atom. The van der Waals surface area contributed by atoms with Crippen LogP contribution in [0, 0.1) is 0 Å². The van der Waals surface area contributed by atoms with Crippen LogP contribution in [-0.4, -0.2) is 14.5 Å². The molecule has 2 heterocycles. The van der Waals surface area contributed by atoms with Crippen LogP contribution in [0.4, 0.5) is 19.0 Å². The maximum absolute atomic E-state index is 13.1. The van der Waals surface area contributed by atoms with Crippen molar-refractivity contribution in [1.29, 1.82) is 0 Å². The molecule has 0 fully saturated rings. The number of anilines is 1. The summed E-state index contributed by atoms with van der Waals surface area (Å²) >= 11 is 0. The fourth-order valence-electron chi connectivity index (χ4n) is 2.26. The Kier molecular flexibility index (Phi) is 3.04. The number of halogens is 3. The minimum absolute atomic E-state index is 0.152. The van der Waals surface area contributed by atoms with Crippen LogP contribution in [-0.2, 0) is 12.7 Å². The molecule has 7 heteroatoms. The quantitative estimate of drug-likeness (QED) is 0.789. The van der Waals surface area contributed by atoms with Crippen LogP contribution in [0.2, 0.25) is 0 Å². The molecule has 21 heavy (non-hydrogen) atoms. The molecule has 0 aliphatic rings. The molecule has 0 aliphatic carbocycles. The highest BCUT2D eigenvalue weighted by atomic mass is 19.4. The highest BCUT2D eigenvalue weighted by Crippen LogP contribution is 2.37. The van der Waals surface area contributed by atoms with Gasteiger partial charge in [-0.15, -0.1) is 0 Å². The molecule has 0 aliphatic heterocycles. The third-order valence-electron chi connectivity index (χ3n) is 3.18. The van der Waals surface area contributed by atoms with E-state index in [0.29, 0.717) is 0 Å². The Morgan fingerprint density at radius 2 is 1.81 bits per heavy atom. The van der Waals surface area contributed by atoms with E-state index in [9.17, 15) is 13.2 Å². The van der Waals surface area contributed by atoms with Crippen LogP contribution < -0.4 is 5.73 Å². The summed E-state index contributed by atoms with van der Waals surface area (Å²) in [5.41, 5.74) is 5.84. The minimum atomic E-state index is -4.50. The lowest BCUT2D eigenvalue weighted by Crippen LogP contribution is -2.05. The number of nitrogen functional groups attached to an aromatic ring is 1. The molecule has 0 saturated heterocycles. The molecule has 108 valence electrons. The van der Waals surface area contributed by atoms with Crippen molar-refractivity contribution >= 4 is 16.9 Å². The minimum Gasteiger partial charge on any atom is -0.383 e. The molecule has 3 aromatic rings. The molecule has 0 bridgehead atoms. The second-order valence-corrected chi connectivity index (χ2v) is 4.61. The van der Waals surface area contributed by atoms with Gasteiger partial charge >= 0.3 is 6.18 Å². The zero-order valence-corrected chi connectivity index (χ0v) is 10.8. The summed E-state index contributed by atoms with van der Waals surface area (Å²) in [7, 11) is 0. The molecule has 0 unspecified atom stereocenters. The number of aromatic nitrogens is 3. The standard InChI is InChI=1S/C14H11F3N4/c15-14(16,17)10-7-21(6-9-4-2-1-3-5-9)13-11(10)12(18)19-8-20-13/h1-5,7-8H,6H2,(H2,18,19,20). The number of nitrogens with two attached hydrogens (primary N) is 1. The third-order valence-corrected chi connectivity index (χ3v) is 3.18. The topological polar surface area (TPSA) is 56.7 Å². The molecule has 0 radical (unpaired) electrons. The van der Waals surface area contributed by atoms with E-state index in [-0.39, 0.29) is 23.4 Å². The van der Waals surface area contributed by atoms with E-state index in [1.54, 1.807) is 0 Å². The third kappa shape index (κ3) is 2.42. The second kappa shape index (κ2) is 4.76. The Balaban J connectivity index is 2.18. The van der Waals surface area contributed by atoms with Crippen molar-refractivity contribution in [2.45, 2.75) is 12.7 Å². The molecule has 1 aromatic carbocycles. The first-order valence-electron chi connectivity index (χ1n) is 6.17. The van der Waals surface area contributed by atoms with Gasteiger partial charge in [-0.3, -0.25) is 0 Å². The average Bonchev–Trinajstić information content (AvgIpc) is 2.80. The monoisotopic (exact) mass is 292 g/mol. The van der Waals surface area contributed by atoms with Gasteiger partial charge in [0.05, 0.1) is 10.9 Å². The molecule has 0 spiro atoms. The predicted molar refractivity (Wildman–Crippen MR) is 72.5 cm³/mol. The summed E-state index contributed by atoms with van der Waals surface area (Å²) in [5.74, 6) is -0.167. The number of hydrogen-bond acceptors (Lipinski definition) is 3. The maximum atomic E-state index is 13.1. The Bertz CT molecular complexity index is 778. The molecule has 2 N–H and O–H groups in total. The lowest BCUT2D eigenvalue weighted by Gasteiger charge is -2.04. The summed E-state index contributed by atoms with van der Waals surface area (Å²) in [6.07, 6.45) is -2.30. The Labute approximate surface area is 118 Å². The summed E-state index contributed by atoms with van der Waals surface area (Å²) in [6, 6.07) is 9.18.